The van der Waals surface area contributed by atoms with Crippen LogP contribution in [0.15, 0.2) is 77.4 Å². The lowest BCUT2D eigenvalue weighted by molar-refractivity contribution is 0.0954. The molecule has 0 fully saturated rings. The number of hydrogen-bond acceptors (Lipinski definition) is 3. The molecule has 1 aromatic heterocycles. The SMILES string of the molecule is O=C(NCCc1ccccc1)c1ccc(Nc2ccccc2Br)nc1. The van der Waals surface area contributed by atoms with Gasteiger partial charge in [-0.15, -0.1) is 0 Å². The van der Waals surface area contributed by atoms with Crippen LogP contribution in [0.5, 0.6) is 0 Å². The second kappa shape index (κ2) is 8.44. The second-order valence-corrected chi connectivity index (χ2v) is 6.38. The predicted molar refractivity (Wildman–Crippen MR) is 104 cm³/mol. The van der Waals surface area contributed by atoms with Gasteiger partial charge >= 0.3 is 0 Å². The van der Waals surface area contributed by atoms with Crippen molar-refractivity contribution < 1.29 is 4.79 Å². The van der Waals surface area contributed by atoms with E-state index in [4.69, 9.17) is 0 Å². The van der Waals surface area contributed by atoms with Gasteiger partial charge in [0, 0.05) is 17.2 Å². The average Bonchev–Trinajstić information content (AvgIpc) is 2.65. The van der Waals surface area contributed by atoms with Gasteiger partial charge < -0.3 is 10.6 Å². The number of nitrogens with one attached hydrogen (secondary N) is 2. The summed E-state index contributed by atoms with van der Waals surface area (Å²) in [4.78, 5) is 16.5. The first-order chi connectivity index (χ1) is 12.2. The number of amides is 1. The fourth-order valence-corrected chi connectivity index (χ4v) is 2.75. The van der Waals surface area contributed by atoms with Crippen LogP contribution < -0.4 is 10.6 Å². The van der Waals surface area contributed by atoms with E-state index in [9.17, 15) is 4.79 Å². The maximum absolute atomic E-state index is 12.2. The van der Waals surface area contributed by atoms with Gasteiger partial charge in [0.15, 0.2) is 0 Å². The number of pyridine rings is 1. The van der Waals surface area contributed by atoms with Crippen LogP contribution in [0.4, 0.5) is 11.5 Å². The molecule has 0 unspecified atom stereocenters. The predicted octanol–water partition coefficient (Wildman–Crippen LogP) is 4.56. The number of para-hydroxylation sites is 1. The van der Waals surface area contributed by atoms with E-state index in [1.54, 1.807) is 18.3 Å². The monoisotopic (exact) mass is 395 g/mol. The van der Waals surface area contributed by atoms with Gasteiger partial charge in [0.25, 0.3) is 5.91 Å². The quantitative estimate of drug-likeness (QED) is 0.642. The van der Waals surface area contributed by atoms with Crippen molar-refractivity contribution in [3.63, 3.8) is 0 Å². The summed E-state index contributed by atoms with van der Waals surface area (Å²) in [6.45, 7) is 0.597. The van der Waals surface area contributed by atoms with Crippen molar-refractivity contribution in [1.29, 1.82) is 0 Å². The topological polar surface area (TPSA) is 54.0 Å². The van der Waals surface area contributed by atoms with E-state index in [0.717, 1.165) is 16.6 Å². The first-order valence-corrected chi connectivity index (χ1v) is 8.81. The lowest BCUT2D eigenvalue weighted by atomic mass is 10.1. The van der Waals surface area contributed by atoms with Crippen molar-refractivity contribution in [2.45, 2.75) is 6.42 Å². The molecule has 0 aliphatic carbocycles. The van der Waals surface area contributed by atoms with Gasteiger partial charge in [0.1, 0.15) is 5.82 Å². The summed E-state index contributed by atoms with van der Waals surface area (Å²) in [5.41, 5.74) is 2.68. The van der Waals surface area contributed by atoms with E-state index in [-0.39, 0.29) is 5.91 Å². The zero-order valence-electron chi connectivity index (χ0n) is 13.6. The first kappa shape index (κ1) is 17.2. The number of rotatable bonds is 6. The van der Waals surface area contributed by atoms with E-state index in [2.05, 4.69) is 43.7 Å². The van der Waals surface area contributed by atoms with Gasteiger partial charge in [0.05, 0.1) is 11.3 Å². The molecule has 126 valence electrons. The molecule has 0 bridgehead atoms. The Kier molecular flexibility index (Phi) is 5.80. The van der Waals surface area contributed by atoms with Crippen LogP contribution >= 0.6 is 15.9 Å². The fraction of sp³-hybridized carbons (Fsp3) is 0.100. The third-order valence-electron chi connectivity index (χ3n) is 3.70. The molecule has 2 N–H and O–H groups in total. The van der Waals surface area contributed by atoms with E-state index >= 15 is 0 Å². The molecule has 1 heterocycles. The number of nitrogens with zero attached hydrogens (tertiary/aromatic N) is 1. The third-order valence-corrected chi connectivity index (χ3v) is 4.40. The van der Waals surface area contributed by atoms with Gasteiger partial charge in [-0.05, 0) is 52.2 Å². The summed E-state index contributed by atoms with van der Waals surface area (Å²) in [5.74, 6) is 0.573. The lowest BCUT2D eigenvalue weighted by Crippen LogP contribution is -2.25. The molecule has 5 heteroatoms. The highest BCUT2D eigenvalue weighted by Crippen LogP contribution is 2.24. The highest BCUT2D eigenvalue weighted by molar-refractivity contribution is 9.10. The minimum absolute atomic E-state index is 0.115. The largest absolute Gasteiger partial charge is 0.352 e. The fourth-order valence-electron chi connectivity index (χ4n) is 2.37. The summed E-state index contributed by atoms with van der Waals surface area (Å²) in [6.07, 6.45) is 2.39. The zero-order chi connectivity index (χ0) is 17.5. The molecule has 3 rings (SSSR count). The van der Waals surface area contributed by atoms with Crippen LogP contribution in [0.2, 0.25) is 0 Å². The molecule has 0 saturated carbocycles. The Morgan fingerprint density at radius 2 is 1.72 bits per heavy atom. The summed E-state index contributed by atoms with van der Waals surface area (Å²) in [6, 6.07) is 21.5. The summed E-state index contributed by atoms with van der Waals surface area (Å²) in [5, 5.41) is 6.13. The third kappa shape index (κ3) is 4.90. The van der Waals surface area contributed by atoms with Crippen LogP contribution in [0.25, 0.3) is 0 Å². The second-order valence-electron chi connectivity index (χ2n) is 5.53. The highest BCUT2D eigenvalue weighted by Gasteiger charge is 2.06. The molecule has 25 heavy (non-hydrogen) atoms. The van der Waals surface area contributed by atoms with Crippen molar-refractivity contribution in [1.82, 2.24) is 10.3 Å². The summed E-state index contributed by atoms with van der Waals surface area (Å²) >= 11 is 3.48. The number of aromatic nitrogens is 1. The normalized spacial score (nSPS) is 10.3. The first-order valence-electron chi connectivity index (χ1n) is 8.02. The smallest absolute Gasteiger partial charge is 0.252 e. The molecule has 4 nitrogen and oxygen atoms in total. The maximum Gasteiger partial charge on any atom is 0.252 e. The van der Waals surface area contributed by atoms with Crippen molar-refractivity contribution in [2.75, 3.05) is 11.9 Å². The number of hydrogen-bond donors (Lipinski definition) is 2. The Balaban J connectivity index is 1.54. The number of benzene rings is 2. The Labute approximate surface area is 155 Å². The summed E-state index contributed by atoms with van der Waals surface area (Å²) in [7, 11) is 0. The van der Waals surface area contributed by atoms with Crippen molar-refractivity contribution in [3.8, 4) is 0 Å². The summed E-state index contributed by atoms with van der Waals surface area (Å²) < 4.78 is 0.958. The number of halogens is 1. The molecule has 1 amide bonds. The zero-order valence-corrected chi connectivity index (χ0v) is 15.2. The Morgan fingerprint density at radius 3 is 2.44 bits per heavy atom. The molecule has 2 aromatic carbocycles. The molecule has 0 aliphatic rings. The standard InChI is InChI=1S/C20H18BrN3O/c21-17-8-4-5-9-18(17)24-19-11-10-16(14-23-19)20(25)22-13-12-15-6-2-1-3-7-15/h1-11,14H,12-13H2,(H,22,25)(H,23,24). The number of carbonyl (C=O) groups excluding carboxylic acids is 1. The van der Waals surface area contributed by atoms with E-state index in [1.807, 2.05) is 42.5 Å². The minimum atomic E-state index is -0.115. The molecule has 0 atom stereocenters. The lowest BCUT2D eigenvalue weighted by Gasteiger charge is -2.09. The Morgan fingerprint density at radius 1 is 0.960 bits per heavy atom. The highest BCUT2D eigenvalue weighted by atomic mass is 79.9. The van der Waals surface area contributed by atoms with Gasteiger partial charge in [-0.3, -0.25) is 4.79 Å². The van der Waals surface area contributed by atoms with Crippen LogP contribution in [0, 0.1) is 0 Å². The van der Waals surface area contributed by atoms with Crippen LogP contribution in [0.3, 0.4) is 0 Å². The van der Waals surface area contributed by atoms with Crippen molar-refractivity contribution in [2.24, 2.45) is 0 Å². The molecule has 3 aromatic rings. The van der Waals surface area contributed by atoms with Gasteiger partial charge in [-0.25, -0.2) is 4.98 Å². The Bertz CT molecular complexity index is 835. The molecule has 0 aliphatic heterocycles. The van der Waals surface area contributed by atoms with Crippen LogP contribution in [0.1, 0.15) is 15.9 Å². The number of carbonyl (C=O) groups is 1. The van der Waals surface area contributed by atoms with Crippen molar-refractivity contribution >= 4 is 33.3 Å². The molecular weight excluding hydrogens is 378 g/mol. The Hall–Kier alpha value is -2.66. The maximum atomic E-state index is 12.2. The van der Waals surface area contributed by atoms with Gasteiger partial charge in [-0.2, -0.15) is 0 Å². The van der Waals surface area contributed by atoms with Crippen LogP contribution in [-0.4, -0.2) is 17.4 Å². The minimum Gasteiger partial charge on any atom is -0.352 e. The average molecular weight is 396 g/mol. The van der Waals surface area contributed by atoms with Crippen LogP contribution in [-0.2, 0) is 6.42 Å². The molecule has 0 spiro atoms. The van der Waals surface area contributed by atoms with E-state index < -0.39 is 0 Å². The van der Waals surface area contributed by atoms with Gasteiger partial charge in [0.2, 0.25) is 0 Å². The van der Waals surface area contributed by atoms with E-state index in [1.165, 1.54) is 5.56 Å². The van der Waals surface area contributed by atoms with E-state index in [0.29, 0.717) is 17.9 Å². The van der Waals surface area contributed by atoms with Crippen molar-refractivity contribution in [3.05, 3.63) is 88.5 Å². The number of anilines is 2. The van der Waals surface area contributed by atoms with Gasteiger partial charge in [-0.1, -0.05) is 42.5 Å². The molecular formula is C20H18BrN3O. The molecule has 0 saturated heterocycles. The molecule has 0 radical (unpaired) electrons.